The third kappa shape index (κ3) is 4.74. The molecule has 0 bridgehead atoms. The summed E-state index contributed by atoms with van der Waals surface area (Å²) in [5.74, 6) is 0.275. The first-order valence-corrected chi connectivity index (χ1v) is 8.33. The Bertz CT molecular complexity index is 430. The van der Waals surface area contributed by atoms with Crippen molar-refractivity contribution in [1.29, 1.82) is 0 Å². The lowest BCUT2D eigenvalue weighted by molar-refractivity contribution is -0.133. The summed E-state index contributed by atoms with van der Waals surface area (Å²) in [6.45, 7) is 5.16. The van der Waals surface area contributed by atoms with Crippen molar-refractivity contribution in [1.82, 2.24) is 9.80 Å². The van der Waals surface area contributed by atoms with E-state index in [1.807, 2.05) is 11.0 Å². The molecule has 1 fully saturated rings. The van der Waals surface area contributed by atoms with Gasteiger partial charge in [-0.1, -0.05) is 11.6 Å². The molecule has 4 nitrogen and oxygen atoms in total. The third-order valence-electron chi connectivity index (χ3n) is 3.58. The Balaban J connectivity index is 1.70. The van der Waals surface area contributed by atoms with Gasteiger partial charge in [0.1, 0.15) is 0 Å². The fraction of sp³-hybridized carbons (Fsp3) is 0.643. The van der Waals surface area contributed by atoms with E-state index in [2.05, 4.69) is 11.0 Å². The van der Waals surface area contributed by atoms with Gasteiger partial charge in [0, 0.05) is 44.0 Å². The largest absolute Gasteiger partial charge is 0.340 e. The second-order valence-corrected chi connectivity index (χ2v) is 6.91. The lowest BCUT2D eigenvalue weighted by Gasteiger charge is -2.34. The van der Waals surface area contributed by atoms with Crippen LogP contribution in [-0.2, 0) is 11.3 Å². The highest BCUT2D eigenvalue weighted by atomic mass is 35.5. The molecule has 2 N–H and O–H groups in total. The maximum atomic E-state index is 12.0. The van der Waals surface area contributed by atoms with Crippen LogP contribution in [0.15, 0.2) is 12.1 Å². The number of hydrogen-bond donors (Lipinski definition) is 1. The van der Waals surface area contributed by atoms with E-state index in [0.717, 1.165) is 49.9 Å². The van der Waals surface area contributed by atoms with Gasteiger partial charge < -0.3 is 10.6 Å². The van der Waals surface area contributed by atoms with Crippen molar-refractivity contribution in [3.8, 4) is 0 Å². The monoisotopic (exact) mass is 315 g/mol. The number of hydrogen-bond acceptors (Lipinski definition) is 4. The van der Waals surface area contributed by atoms with Crippen molar-refractivity contribution in [2.24, 2.45) is 5.73 Å². The second-order valence-electron chi connectivity index (χ2n) is 5.11. The number of carbonyl (C=O) groups is 1. The molecule has 1 amide bonds. The smallest absolute Gasteiger partial charge is 0.222 e. The summed E-state index contributed by atoms with van der Waals surface area (Å²) in [6.07, 6.45) is 2.48. The molecule has 2 rings (SSSR count). The number of nitrogens with zero attached hydrogens (tertiary/aromatic N) is 2. The maximum absolute atomic E-state index is 12.0. The van der Waals surface area contributed by atoms with Gasteiger partial charge in [-0.15, -0.1) is 11.3 Å². The number of amides is 1. The number of rotatable bonds is 6. The molecule has 20 heavy (non-hydrogen) atoms. The van der Waals surface area contributed by atoms with Crippen LogP contribution in [0.1, 0.15) is 24.1 Å². The first-order chi connectivity index (χ1) is 9.69. The number of halogens is 1. The average Bonchev–Trinajstić information content (AvgIpc) is 2.85. The van der Waals surface area contributed by atoms with E-state index >= 15 is 0 Å². The Morgan fingerprint density at radius 3 is 2.60 bits per heavy atom. The van der Waals surface area contributed by atoms with Gasteiger partial charge in [0.15, 0.2) is 0 Å². The van der Waals surface area contributed by atoms with E-state index in [4.69, 9.17) is 17.3 Å². The van der Waals surface area contributed by atoms with Crippen LogP contribution in [-0.4, -0.2) is 48.4 Å². The lowest BCUT2D eigenvalue weighted by Crippen LogP contribution is -2.48. The van der Waals surface area contributed by atoms with Crippen molar-refractivity contribution >= 4 is 28.8 Å². The number of nitrogens with two attached hydrogens (primary N) is 1. The lowest BCUT2D eigenvalue weighted by atomic mass is 10.2. The van der Waals surface area contributed by atoms with Crippen LogP contribution in [0.5, 0.6) is 0 Å². The predicted octanol–water partition coefficient (Wildman–Crippen LogP) is 2.17. The second kappa shape index (κ2) is 7.98. The zero-order valence-corrected chi connectivity index (χ0v) is 13.3. The van der Waals surface area contributed by atoms with Crippen molar-refractivity contribution < 1.29 is 4.79 Å². The fourth-order valence-corrected chi connectivity index (χ4v) is 3.52. The van der Waals surface area contributed by atoms with Gasteiger partial charge in [-0.3, -0.25) is 9.69 Å². The molecule has 0 aromatic carbocycles. The third-order valence-corrected chi connectivity index (χ3v) is 4.79. The highest BCUT2D eigenvalue weighted by molar-refractivity contribution is 7.16. The Hall–Kier alpha value is -0.620. The van der Waals surface area contributed by atoms with E-state index in [-0.39, 0.29) is 5.91 Å². The molecule has 112 valence electrons. The van der Waals surface area contributed by atoms with E-state index in [9.17, 15) is 4.79 Å². The van der Waals surface area contributed by atoms with E-state index in [1.54, 1.807) is 11.3 Å². The van der Waals surface area contributed by atoms with Gasteiger partial charge in [0.05, 0.1) is 4.34 Å². The Morgan fingerprint density at radius 1 is 1.25 bits per heavy atom. The first kappa shape index (κ1) is 15.8. The topological polar surface area (TPSA) is 49.6 Å². The fourth-order valence-electron chi connectivity index (χ4n) is 2.39. The summed E-state index contributed by atoms with van der Waals surface area (Å²) in [5, 5.41) is 0. The van der Waals surface area contributed by atoms with Gasteiger partial charge >= 0.3 is 0 Å². The number of thiophene rings is 1. The predicted molar refractivity (Wildman–Crippen MR) is 84.1 cm³/mol. The van der Waals surface area contributed by atoms with Crippen LogP contribution in [0.2, 0.25) is 4.34 Å². The molecule has 0 aliphatic carbocycles. The molecular formula is C14H22ClN3OS. The van der Waals surface area contributed by atoms with Crippen LogP contribution in [0.4, 0.5) is 0 Å². The van der Waals surface area contributed by atoms with Crippen LogP contribution >= 0.6 is 22.9 Å². The molecule has 1 aliphatic rings. The summed E-state index contributed by atoms with van der Waals surface area (Å²) < 4.78 is 0.841. The van der Waals surface area contributed by atoms with Gasteiger partial charge in [-0.25, -0.2) is 0 Å². The number of carbonyl (C=O) groups excluding carboxylic acids is 1. The molecule has 1 aliphatic heterocycles. The molecule has 0 radical (unpaired) electrons. The minimum absolute atomic E-state index is 0.275. The van der Waals surface area contributed by atoms with Crippen LogP contribution < -0.4 is 5.73 Å². The van der Waals surface area contributed by atoms with Gasteiger partial charge in [-0.05, 0) is 31.5 Å². The molecule has 2 heterocycles. The molecule has 0 spiro atoms. The Morgan fingerprint density at radius 2 is 2.00 bits per heavy atom. The zero-order valence-electron chi connectivity index (χ0n) is 11.7. The minimum Gasteiger partial charge on any atom is -0.340 e. The quantitative estimate of drug-likeness (QED) is 0.819. The average molecular weight is 316 g/mol. The molecule has 1 aromatic rings. The maximum Gasteiger partial charge on any atom is 0.222 e. The summed E-state index contributed by atoms with van der Waals surface area (Å²) in [4.78, 5) is 17.6. The summed E-state index contributed by atoms with van der Waals surface area (Å²) in [6, 6.07) is 4.02. The normalized spacial score (nSPS) is 16.6. The van der Waals surface area contributed by atoms with Crippen molar-refractivity contribution in [2.75, 3.05) is 32.7 Å². The van der Waals surface area contributed by atoms with Crippen LogP contribution in [0.25, 0.3) is 0 Å². The number of unbranched alkanes of at least 4 members (excludes halogenated alkanes) is 1. The van der Waals surface area contributed by atoms with E-state index < -0.39 is 0 Å². The summed E-state index contributed by atoms with van der Waals surface area (Å²) in [7, 11) is 0. The molecule has 1 saturated heterocycles. The van der Waals surface area contributed by atoms with Crippen molar-refractivity contribution in [3.63, 3.8) is 0 Å². The Kier molecular flexibility index (Phi) is 6.29. The molecule has 1 aromatic heterocycles. The zero-order chi connectivity index (χ0) is 14.4. The van der Waals surface area contributed by atoms with Gasteiger partial charge in [-0.2, -0.15) is 0 Å². The highest BCUT2D eigenvalue weighted by Gasteiger charge is 2.20. The highest BCUT2D eigenvalue weighted by Crippen LogP contribution is 2.23. The first-order valence-electron chi connectivity index (χ1n) is 7.13. The molecule has 0 unspecified atom stereocenters. The minimum atomic E-state index is 0.275. The van der Waals surface area contributed by atoms with Gasteiger partial charge in [0.2, 0.25) is 5.91 Å². The van der Waals surface area contributed by atoms with Crippen molar-refractivity contribution in [3.05, 3.63) is 21.3 Å². The molecule has 6 heteroatoms. The summed E-state index contributed by atoms with van der Waals surface area (Å²) in [5.41, 5.74) is 5.45. The van der Waals surface area contributed by atoms with E-state index in [0.29, 0.717) is 13.0 Å². The van der Waals surface area contributed by atoms with Gasteiger partial charge in [0.25, 0.3) is 0 Å². The van der Waals surface area contributed by atoms with Crippen molar-refractivity contribution in [2.45, 2.75) is 25.8 Å². The number of piperazine rings is 1. The molecular weight excluding hydrogens is 294 g/mol. The van der Waals surface area contributed by atoms with Crippen LogP contribution in [0.3, 0.4) is 0 Å². The Labute approximate surface area is 129 Å². The molecule has 0 saturated carbocycles. The molecule has 0 atom stereocenters. The van der Waals surface area contributed by atoms with Crippen LogP contribution in [0, 0.1) is 0 Å². The summed E-state index contributed by atoms with van der Waals surface area (Å²) >= 11 is 7.57. The SMILES string of the molecule is NCCCCC(=O)N1CCN(Cc2ccc(Cl)s2)CC1. The standard InChI is InChI=1S/C14H22ClN3OS/c15-13-5-4-12(20-13)11-17-7-9-18(10-8-17)14(19)3-1-2-6-16/h4-5H,1-3,6-11,16H2. The van der Waals surface area contributed by atoms with E-state index in [1.165, 1.54) is 4.88 Å².